The largest absolute Gasteiger partial charge is 0.394 e. The van der Waals surface area contributed by atoms with E-state index in [1.54, 1.807) is 18.2 Å². The number of nitriles is 1. The van der Waals surface area contributed by atoms with E-state index in [1.807, 2.05) is 0 Å². The predicted octanol–water partition coefficient (Wildman–Crippen LogP) is -1.47. The summed E-state index contributed by atoms with van der Waals surface area (Å²) in [7, 11) is 0. The highest BCUT2D eigenvalue weighted by Crippen LogP contribution is 2.47. The molecular formula is C13H15N5O4. The number of aliphatic hydroxyl groups excluding tert-OH is 2. The third-order valence-electron chi connectivity index (χ3n) is 4.22. The molecule has 9 heteroatoms. The Morgan fingerprint density at radius 2 is 2.27 bits per heavy atom. The quantitative estimate of drug-likeness (QED) is 0.491. The van der Waals surface area contributed by atoms with Crippen molar-refractivity contribution in [3.8, 4) is 6.07 Å². The molecule has 0 amide bonds. The van der Waals surface area contributed by atoms with E-state index in [-0.39, 0.29) is 5.82 Å². The normalized spacial score (nSPS) is 34.9. The fourth-order valence-corrected chi connectivity index (χ4v) is 2.89. The molecule has 1 aliphatic rings. The lowest BCUT2D eigenvalue weighted by molar-refractivity contribution is -0.115. The minimum absolute atomic E-state index is 0.225. The molecule has 9 nitrogen and oxygen atoms in total. The van der Waals surface area contributed by atoms with Crippen LogP contribution < -0.4 is 5.73 Å². The minimum atomic E-state index is -2.26. The first-order valence-corrected chi connectivity index (χ1v) is 6.58. The molecule has 116 valence electrons. The van der Waals surface area contributed by atoms with Crippen LogP contribution in [0.15, 0.2) is 18.5 Å². The molecule has 0 radical (unpaired) electrons. The number of fused-ring (bicyclic) bond motifs is 1. The van der Waals surface area contributed by atoms with Gasteiger partial charge in [-0.3, -0.25) is 0 Å². The molecule has 2 aromatic rings. The molecule has 0 saturated carbocycles. The molecule has 22 heavy (non-hydrogen) atoms. The Morgan fingerprint density at radius 1 is 1.55 bits per heavy atom. The van der Waals surface area contributed by atoms with Gasteiger partial charge in [0.25, 0.3) is 0 Å². The van der Waals surface area contributed by atoms with E-state index in [0.29, 0.717) is 11.2 Å². The molecule has 3 heterocycles. The molecule has 0 unspecified atom stereocenters. The van der Waals surface area contributed by atoms with Crippen LogP contribution in [0.2, 0.25) is 0 Å². The zero-order chi connectivity index (χ0) is 16.1. The zero-order valence-electron chi connectivity index (χ0n) is 11.7. The fourth-order valence-electron chi connectivity index (χ4n) is 2.89. The summed E-state index contributed by atoms with van der Waals surface area (Å²) in [6.45, 7) is 0.913. The lowest BCUT2D eigenvalue weighted by atomic mass is 9.80. The summed E-state index contributed by atoms with van der Waals surface area (Å²) in [4.78, 5) is 3.86. The number of anilines is 1. The fraction of sp³-hybridized carbons (Fsp3) is 0.462. The van der Waals surface area contributed by atoms with E-state index in [0.717, 1.165) is 0 Å². The van der Waals surface area contributed by atoms with Crippen LogP contribution in [0.5, 0.6) is 0 Å². The van der Waals surface area contributed by atoms with E-state index >= 15 is 0 Å². The highest BCUT2D eigenvalue weighted by atomic mass is 16.6. The Hall–Kier alpha value is -2.25. The smallest absolute Gasteiger partial charge is 0.214 e. The second kappa shape index (κ2) is 4.62. The maximum absolute atomic E-state index is 10.7. The van der Waals surface area contributed by atoms with Crippen LogP contribution >= 0.6 is 0 Å². The number of nitrogen functional groups attached to an aromatic ring is 1. The average molecular weight is 305 g/mol. The maximum Gasteiger partial charge on any atom is 0.214 e. The van der Waals surface area contributed by atoms with Crippen molar-refractivity contribution in [3.63, 3.8) is 0 Å². The standard InChI is InChI=1S/C13H15N5O4/c1-12(13(21,5-14)10(20)8(4-19)22-12)9-3-2-7-11(15)16-6-17-18(7)9/h2-3,6,8,10,19-21H,4H2,1H3,(H2,15,16,17)/t8-,10-,12+,13-/m1/s1. The molecule has 2 aromatic heterocycles. The topological polar surface area (TPSA) is 150 Å². The van der Waals surface area contributed by atoms with Gasteiger partial charge in [0.05, 0.1) is 12.3 Å². The van der Waals surface area contributed by atoms with Crippen LogP contribution in [0.3, 0.4) is 0 Å². The minimum Gasteiger partial charge on any atom is -0.394 e. The van der Waals surface area contributed by atoms with Crippen molar-refractivity contribution in [1.29, 1.82) is 5.26 Å². The van der Waals surface area contributed by atoms with Crippen molar-refractivity contribution < 1.29 is 20.1 Å². The first kappa shape index (κ1) is 14.7. The summed E-state index contributed by atoms with van der Waals surface area (Å²) >= 11 is 0. The Bertz CT molecular complexity index is 771. The van der Waals surface area contributed by atoms with Gasteiger partial charge in [0.15, 0.2) is 11.4 Å². The summed E-state index contributed by atoms with van der Waals surface area (Å²) < 4.78 is 7.00. The van der Waals surface area contributed by atoms with Crippen molar-refractivity contribution in [2.24, 2.45) is 0 Å². The molecule has 5 N–H and O–H groups in total. The van der Waals surface area contributed by atoms with Gasteiger partial charge in [-0.05, 0) is 19.1 Å². The lowest BCUT2D eigenvalue weighted by Crippen LogP contribution is -2.52. The highest BCUT2D eigenvalue weighted by Gasteiger charge is 2.65. The van der Waals surface area contributed by atoms with Crippen molar-refractivity contribution in [2.45, 2.75) is 30.3 Å². The molecule has 4 atom stereocenters. The van der Waals surface area contributed by atoms with Crippen molar-refractivity contribution >= 4 is 11.3 Å². The van der Waals surface area contributed by atoms with Crippen molar-refractivity contribution in [3.05, 3.63) is 24.2 Å². The van der Waals surface area contributed by atoms with Crippen LogP contribution in [0.1, 0.15) is 12.6 Å². The van der Waals surface area contributed by atoms with Gasteiger partial charge < -0.3 is 25.8 Å². The van der Waals surface area contributed by atoms with Gasteiger partial charge in [-0.15, -0.1) is 0 Å². The maximum atomic E-state index is 10.7. The molecule has 1 saturated heterocycles. The number of ether oxygens (including phenoxy) is 1. The highest BCUT2D eigenvalue weighted by molar-refractivity contribution is 5.65. The van der Waals surface area contributed by atoms with Crippen molar-refractivity contribution in [2.75, 3.05) is 12.3 Å². The van der Waals surface area contributed by atoms with E-state index in [1.165, 1.54) is 17.8 Å². The Labute approximate surface area is 125 Å². The van der Waals surface area contributed by atoms with E-state index in [4.69, 9.17) is 10.5 Å². The molecule has 0 aliphatic carbocycles. The number of nitrogens with two attached hydrogens (primary N) is 1. The molecule has 3 rings (SSSR count). The van der Waals surface area contributed by atoms with E-state index in [9.17, 15) is 20.6 Å². The molecule has 0 spiro atoms. The molecular weight excluding hydrogens is 290 g/mol. The Kier molecular flexibility index (Phi) is 3.08. The van der Waals surface area contributed by atoms with Crippen LogP contribution in [0, 0.1) is 11.3 Å². The molecule has 1 fully saturated rings. The van der Waals surface area contributed by atoms with Crippen molar-refractivity contribution in [1.82, 2.24) is 14.6 Å². The summed E-state index contributed by atoms with van der Waals surface area (Å²) in [5, 5.41) is 43.5. The average Bonchev–Trinajstić information content (AvgIpc) is 3.03. The summed E-state index contributed by atoms with van der Waals surface area (Å²) in [5.74, 6) is 0.225. The third-order valence-corrected chi connectivity index (χ3v) is 4.22. The van der Waals surface area contributed by atoms with E-state index in [2.05, 4.69) is 10.1 Å². The van der Waals surface area contributed by atoms with Crippen LogP contribution in [0.25, 0.3) is 5.52 Å². The number of hydrogen-bond acceptors (Lipinski definition) is 8. The van der Waals surface area contributed by atoms with Gasteiger partial charge in [0.1, 0.15) is 30.1 Å². The molecule has 0 aromatic carbocycles. The first-order chi connectivity index (χ1) is 10.4. The van der Waals surface area contributed by atoms with Gasteiger partial charge in [-0.1, -0.05) is 0 Å². The van der Waals surface area contributed by atoms with Crippen LogP contribution in [-0.4, -0.2) is 54.3 Å². The van der Waals surface area contributed by atoms with E-state index < -0.39 is 30.0 Å². The second-order valence-electron chi connectivity index (χ2n) is 5.36. The summed E-state index contributed by atoms with van der Waals surface area (Å²) in [5.41, 5.74) is 2.69. The van der Waals surface area contributed by atoms with Gasteiger partial charge in [0, 0.05) is 0 Å². The summed E-state index contributed by atoms with van der Waals surface area (Å²) in [6.07, 6.45) is -1.44. The van der Waals surface area contributed by atoms with Gasteiger partial charge in [-0.25, -0.2) is 9.50 Å². The Balaban J connectivity index is 2.24. The molecule has 1 aliphatic heterocycles. The van der Waals surface area contributed by atoms with Gasteiger partial charge >= 0.3 is 0 Å². The second-order valence-corrected chi connectivity index (χ2v) is 5.36. The lowest BCUT2D eigenvalue weighted by Gasteiger charge is -2.33. The van der Waals surface area contributed by atoms with Gasteiger partial charge in [-0.2, -0.15) is 10.4 Å². The first-order valence-electron chi connectivity index (χ1n) is 6.58. The third kappa shape index (κ3) is 1.60. The summed E-state index contributed by atoms with van der Waals surface area (Å²) in [6, 6.07) is 4.89. The monoisotopic (exact) mass is 305 g/mol. The van der Waals surface area contributed by atoms with Gasteiger partial charge in [0.2, 0.25) is 5.60 Å². The van der Waals surface area contributed by atoms with Crippen LogP contribution in [-0.2, 0) is 10.3 Å². The number of aromatic nitrogens is 3. The number of hydrogen-bond donors (Lipinski definition) is 4. The number of aliphatic hydroxyl groups is 3. The predicted molar refractivity (Wildman–Crippen MR) is 73.3 cm³/mol. The molecule has 0 bridgehead atoms. The number of rotatable bonds is 2. The SMILES string of the molecule is C[C@@]1(c2ccc3c(N)ncnn23)O[C@H](CO)[C@@H](O)[C@]1(O)C#N. The zero-order valence-corrected chi connectivity index (χ0v) is 11.7. The number of nitrogens with zero attached hydrogens (tertiary/aromatic N) is 4. The Morgan fingerprint density at radius 3 is 2.91 bits per heavy atom. The van der Waals surface area contributed by atoms with Crippen LogP contribution in [0.4, 0.5) is 5.82 Å².